The highest BCUT2D eigenvalue weighted by Gasteiger charge is 2.32. The van der Waals surface area contributed by atoms with Gasteiger partial charge in [0, 0.05) is 53.9 Å². The highest BCUT2D eigenvalue weighted by molar-refractivity contribution is 6.07. The Morgan fingerprint density at radius 3 is 1.68 bits per heavy atom. The maximum Gasteiger partial charge on any atom is 0.573 e. The second-order valence-corrected chi connectivity index (χ2v) is 10.3. The van der Waals surface area contributed by atoms with Crippen LogP contribution in [0.1, 0.15) is 34.2 Å². The summed E-state index contributed by atoms with van der Waals surface area (Å²) in [6.45, 7) is 1.59. The molecule has 0 bridgehead atoms. The summed E-state index contributed by atoms with van der Waals surface area (Å²) in [5.41, 5.74) is 2.99. The number of aromatic nitrogens is 6. The van der Waals surface area contributed by atoms with Gasteiger partial charge in [0.15, 0.2) is 5.60 Å². The second kappa shape index (κ2) is 15.6. The van der Waals surface area contributed by atoms with Gasteiger partial charge in [-0.25, -0.2) is 19.9 Å². The zero-order chi connectivity index (χ0) is 35.6. The van der Waals surface area contributed by atoms with E-state index in [1.807, 2.05) is 30.3 Å². The number of hydrogen-bond donors (Lipinski definition) is 1. The Hall–Kier alpha value is -6.52. The van der Waals surface area contributed by atoms with Gasteiger partial charge in [-0.2, -0.15) is 0 Å². The molecular formula is C37H27F3N6O4. The lowest BCUT2D eigenvalue weighted by Crippen LogP contribution is -2.27. The Morgan fingerprint density at radius 2 is 1.20 bits per heavy atom. The number of methoxy groups -OCH3 is 1. The maximum atomic E-state index is 12.2. The molecule has 0 saturated heterocycles. The standard InChI is InChI=1S/C20H14F3N3O2.C17H13N3O2/c1-2-9-19(27,16-11-24-13-25-12-16)18-8-5-15(10-26-18)14-3-6-17(7-4-14)28-20(21,22)23;1-22-15-5-2-12(3-6-15)13-4-7-16(20-10-13)17(21)14-8-18-11-19-9-14/h3-8,10-13,27H,1H3;2-11H,1H3. The topological polar surface area (TPSA) is 133 Å². The molecular weight excluding hydrogens is 649 g/mol. The van der Waals surface area contributed by atoms with E-state index in [4.69, 9.17) is 4.74 Å². The van der Waals surface area contributed by atoms with Gasteiger partial charge < -0.3 is 14.6 Å². The maximum absolute atomic E-state index is 12.2. The minimum atomic E-state index is -4.74. The van der Waals surface area contributed by atoms with Crippen LogP contribution in [0.3, 0.4) is 0 Å². The fourth-order valence-electron chi connectivity index (χ4n) is 4.63. The number of ether oxygens (including phenoxy) is 2. The molecule has 0 aliphatic heterocycles. The third kappa shape index (κ3) is 8.68. The number of hydrogen-bond acceptors (Lipinski definition) is 10. The van der Waals surface area contributed by atoms with Crippen molar-refractivity contribution in [3.63, 3.8) is 0 Å². The molecule has 0 aliphatic carbocycles. The molecule has 1 atom stereocenters. The first kappa shape index (κ1) is 34.8. The molecule has 0 saturated carbocycles. The lowest BCUT2D eigenvalue weighted by Gasteiger charge is -2.21. The molecule has 0 amide bonds. The monoisotopic (exact) mass is 676 g/mol. The predicted molar refractivity (Wildman–Crippen MR) is 177 cm³/mol. The lowest BCUT2D eigenvalue weighted by atomic mass is 9.92. The van der Waals surface area contributed by atoms with Crippen molar-refractivity contribution in [1.82, 2.24) is 29.9 Å². The van der Waals surface area contributed by atoms with Crippen LogP contribution < -0.4 is 9.47 Å². The lowest BCUT2D eigenvalue weighted by molar-refractivity contribution is -0.274. The van der Waals surface area contributed by atoms with E-state index in [2.05, 4.69) is 46.5 Å². The van der Waals surface area contributed by atoms with Crippen LogP contribution in [0.15, 0.2) is 123 Å². The van der Waals surface area contributed by atoms with Gasteiger partial charge in [0.25, 0.3) is 0 Å². The van der Waals surface area contributed by atoms with Crippen molar-refractivity contribution >= 4 is 5.78 Å². The molecule has 4 aromatic heterocycles. The van der Waals surface area contributed by atoms with Gasteiger partial charge in [-0.3, -0.25) is 14.8 Å². The molecule has 1 N–H and O–H groups in total. The van der Waals surface area contributed by atoms with Crippen LogP contribution in [0.4, 0.5) is 13.2 Å². The van der Waals surface area contributed by atoms with Gasteiger partial charge >= 0.3 is 6.36 Å². The number of aliphatic hydroxyl groups is 1. The number of halogens is 3. The van der Waals surface area contributed by atoms with Crippen molar-refractivity contribution in [3.8, 4) is 45.6 Å². The van der Waals surface area contributed by atoms with E-state index >= 15 is 0 Å². The van der Waals surface area contributed by atoms with Crippen LogP contribution in [-0.2, 0) is 5.60 Å². The van der Waals surface area contributed by atoms with E-state index in [-0.39, 0.29) is 17.2 Å². The fraction of sp³-hybridized carbons (Fsp3) is 0.108. The van der Waals surface area contributed by atoms with Crippen molar-refractivity contribution in [1.29, 1.82) is 0 Å². The average molecular weight is 677 g/mol. The summed E-state index contributed by atoms with van der Waals surface area (Å²) in [4.78, 5) is 36.2. The van der Waals surface area contributed by atoms with Crippen LogP contribution in [0.2, 0.25) is 0 Å². The van der Waals surface area contributed by atoms with Crippen molar-refractivity contribution in [2.45, 2.75) is 18.9 Å². The van der Waals surface area contributed by atoms with Crippen molar-refractivity contribution in [3.05, 3.63) is 145 Å². The number of alkyl halides is 3. The van der Waals surface area contributed by atoms with Crippen molar-refractivity contribution in [2.75, 3.05) is 7.11 Å². The van der Waals surface area contributed by atoms with Crippen LogP contribution in [0.5, 0.6) is 11.5 Å². The predicted octanol–water partition coefficient (Wildman–Crippen LogP) is 6.47. The first-order valence-corrected chi connectivity index (χ1v) is 14.7. The first-order chi connectivity index (χ1) is 24.1. The summed E-state index contributed by atoms with van der Waals surface area (Å²) in [5.74, 6) is 5.69. The molecule has 250 valence electrons. The van der Waals surface area contributed by atoms with E-state index in [0.717, 1.165) is 16.9 Å². The SMILES string of the molecule is CC#CC(O)(c1cncnc1)c1ccc(-c2ccc(OC(F)(F)F)cc2)cn1.COc1ccc(-c2ccc(C(=O)c3cncnc3)nc2)cc1. The number of rotatable bonds is 8. The molecule has 0 fully saturated rings. The highest BCUT2D eigenvalue weighted by atomic mass is 19.4. The summed E-state index contributed by atoms with van der Waals surface area (Å²) >= 11 is 0. The Labute approximate surface area is 284 Å². The van der Waals surface area contributed by atoms with Crippen LogP contribution in [0.25, 0.3) is 22.3 Å². The van der Waals surface area contributed by atoms with E-state index in [1.165, 1.54) is 67.9 Å². The molecule has 6 aromatic rings. The van der Waals surface area contributed by atoms with E-state index in [0.29, 0.717) is 27.9 Å². The van der Waals surface area contributed by atoms with E-state index in [1.54, 1.807) is 38.4 Å². The van der Waals surface area contributed by atoms with Crippen LogP contribution in [-0.4, -0.2) is 54.3 Å². The Balaban J connectivity index is 0.000000200. The third-order valence-corrected chi connectivity index (χ3v) is 7.08. The normalized spacial score (nSPS) is 11.9. The molecule has 0 aliphatic rings. The van der Waals surface area contributed by atoms with Crippen LogP contribution >= 0.6 is 0 Å². The first-order valence-electron chi connectivity index (χ1n) is 14.7. The largest absolute Gasteiger partial charge is 0.573 e. The summed E-state index contributed by atoms with van der Waals surface area (Å²) in [5, 5.41) is 11.0. The minimum Gasteiger partial charge on any atom is -0.497 e. The number of benzene rings is 2. The number of ketones is 1. The summed E-state index contributed by atoms with van der Waals surface area (Å²) in [6.07, 6.45) is 7.03. The summed E-state index contributed by atoms with van der Waals surface area (Å²) in [6, 6.07) is 19.9. The number of carbonyl (C=O) groups is 1. The molecule has 50 heavy (non-hydrogen) atoms. The Morgan fingerprint density at radius 1 is 0.680 bits per heavy atom. The molecule has 4 heterocycles. The zero-order valence-electron chi connectivity index (χ0n) is 26.5. The number of carbonyl (C=O) groups excluding carboxylic acids is 1. The smallest absolute Gasteiger partial charge is 0.497 e. The van der Waals surface area contributed by atoms with E-state index < -0.39 is 12.0 Å². The third-order valence-electron chi connectivity index (χ3n) is 7.08. The molecule has 10 nitrogen and oxygen atoms in total. The molecule has 0 radical (unpaired) electrons. The summed E-state index contributed by atoms with van der Waals surface area (Å²) in [7, 11) is 1.63. The zero-order valence-corrected chi connectivity index (χ0v) is 26.5. The quantitative estimate of drug-likeness (QED) is 0.141. The van der Waals surface area contributed by atoms with Gasteiger partial charge in [-0.15, -0.1) is 19.1 Å². The van der Waals surface area contributed by atoms with Crippen molar-refractivity contribution < 1.29 is 32.5 Å². The molecule has 13 heteroatoms. The van der Waals surface area contributed by atoms with Gasteiger partial charge in [0.2, 0.25) is 5.78 Å². The molecule has 2 aromatic carbocycles. The van der Waals surface area contributed by atoms with Gasteiger partial charge in [0.05, 0.1) is 18.4 Å². The van der Waals surface area contributed by atoms with Gasteiger partial charge in [-0.1, -0.05) is 42.3 Å². The average Bonchev–Trinajstić information content (AvgIpc) is 3.15. The molecule has 1 unspecified atom stereocenters. The number of nitrogens with zero attached hydrogens (tertiary/aromatic N) is 6. The minimum absolute atomic E-state index is 0.193. The Bertz CT molecular complexity index is 2070. The van der Waals surface area contributed by atoms with Gasteiger partial charge in [-0.05, 0) is 54.4 Å². The molecule has 6 rings (SSSR count). The number of pyridine rings is 2. The van der Waals surface area contributed by atoms with Crippen LogP contribution in [0, 0.1) is 11.8 Å². The molecule has 0 spiro atoms. The van der Waals surface area contributed by atoms with Gasteiger partial charge in [0.1, 0.15) is 29.8 Å². The second-order valence-electron chi connectivity index (χ2n) is 10.3. The highest BCUT2D eigenvalue weighted by Crippen LogP contribution is 2.30. The van der Waals surface area contributed by atoms with Crippen molar-refractivity contribution in [2.24, 2.45) is 0 Å². The summed E-state index contributed by atoms with van der Waals surface area (Å²) < 4.78 is 45.7. The fourth-order valence-corrected chi connectivity index (χ4v) is 4.63. The van der Waals surface area contributed by atoms with E-state index in [9.17, 15) is 23.1 Å². The Kier molecular flexibility index (Phi) is 10.8.